The molecule has 112 valence electrons. The molecule has 0 aromatic carbocycles. The van der Waals surface area contributed by atoms with Crippen LogP contribution in [0.15, 0.2) is 12.1 Å². The van der Waals surface area contributed by atoms with Crippen LogP contribution >= 0.6 is 0 Å². The molecule has 3 N–H and O–H groups in total. The summed E-state index contributed by atoms with van der Waals surface area (Å²) in [7, 11) is 0. The van der Waals surface area contributed by atoms with E-state index in [-0.39, 0.29) is 11.4 Å². The van der Waals surface area contributed by atoms with Crippen LogP contribution in [0, 0.1) is 0 Å². The fraction of sp³-hybridized carbons (Fsp3) is 0.538. The van der Waals surface area contributed by atoms with Gasteiger partial charge in [-0.05, 0) is 12.1 Å². The van der Waals surface area contributed by atoms with Crippen LogP contribution in [0.2, 0.25) is 0 Å². The van der Waals surface area contributed by atoms with Crippen LogP contribution in [0.4, 0.5) is 14.6 Å². The summed E-state index contributed by atoms with van der Waals surface area (Å²) in [6.07, 6.45) is 0. The molecule has 1 heterocycles. The minimum atomic E-state index is -3.29. The second-order valence-corrected chi connectivity index (χ2v) is 5.55. The van der Waals surface area contributed by atoms with Gasteiger partial charge in [0.2, 0.25) is 0 Å². The average molecular weight is 288 g/mol. The van der Waals surface area contributed by atoms with E-state index in [1.54, 1.807) is 0 Å². The fourth-order valence-corrected chi connectivity index (χ4v) is 1.40. The third kappa shape index (κ3) is 4.41. The van der Waals surface area contributed by atoms with Crippen molar-refractivity contribution >= 4 is 11.8 Å². The molecule has 0 radical (unpaired) electrons. The summed E-state index contributed by atoms with van der Waals surface area (Å²) in [5.74, 6) is -4.40. The predicted molar refractivity (Wildman–Crippen MR) is 70.4 cm³/mol. The summed E-state index contributed by atoms with van der Waals surface area (Å²) in [4.78, 5) is 15.2. The molecule has 1 rings (SSSR count). The third-order valence-corrected chi connectivity index (χ3v) is 2.60. The van der Waals surface area contributed by atoms with Gasteiger partial charge in [-0.3, -0.25) is 0 Å². The van der Waals surface area contributed by atoms with Crippen molar-refractivity contribution in [3.05, 3.63) is 23.4 Å². The molecule has 0 saturated heterocycles. The Morgan fingerprint density at radius 2 is 1.95 bits per heavy atom. The van der Waals surface area contributed by atoms with Crippen molar-refractivity contribution in [3.63, 3.8) is 0 Å². The van der Waals surface area contributed by atoms with Crippen molar-refractivity contribution in [2.24, 2.45) is 0 Å². The highest BCUT2D eigenvalue weighted by Crippen LogP contribution is 2.24. The molecule has 0 saturated carbocycles. The molecule has 0 aliphatic carbocycles. The maximum Gasteiger partial charge on any atom is 0.335 e. The Morgan fingerprint density at radius 3 is 2.40 bits per heavy atom. The molecule has 1 aromatic rings. The smallest absolute Gasteiger partial charge is 0.335 e. The number of carboxylic acid groups (broad SMARTS) is 1. The number of hydrogen-bond donors (Lipinski definition) is 3. The monoisotopic (exact) mass is 288 g/mol. The molecule has 0 aliphatic heterocycles. The van der Waals surface area contributed by atoms with Crippen LogP contribution in [0.5, 0.6) is 0 Å². The fourth-order valence-electron chi connectivity index (χ4n) is 1.40. The Labute approximate surface area is 115 Å². The number of nitrogens with zero attached hydrogens (tertiary/aromatic N) is 1. The summed E-state index contributed by atoms with van der Waals surface area (Å²) in [6.45, 7) is 3.42. The summed E-state index contributed by atoms with van der Waals surface area (Å²) >= 11 is 0. The molecule has 0 unspecified atom stereocenters. The molecule has 0 spiro atoms. The van der Waals surface area contributed by atoms with Crippen LogP contribution in [-0.2, 0) is 5.41 Å². The molecule has 5 nitrogen and oxygen atoms in total. The Kier molecular flexibility index (Phi) is 4.65. The number of aromatic carboxylic acids is 1. The van der Waals surface area contributed by atoms with Crippen LogP contribution in [0.3, 0.4) is 0 Å². The topological polar surface area (TPSA) is 82.5 Å². The summed E-state index contributed by atoms with van der Waals surface area (Å²) in [5, 5.41) is 19.9. The van der Waals surface area contributed by atoms with Crippen LogP contribution < -0.4 is 5.32 Å². The number of aliphatic hydroxyl groups is 1. The van der Waals surface area contributed by atoms with E-state index in [2.05, 4.69) is 10.3 Å². The third-order valence-electron chi connectivity index (χ3n) is 2.60. The highest BCUT2D eigenvalue weighted by molar-refractivity contribution is 5.88. The van der Waals surface area contributed by atoms with Crippen molar-refractivity contribution in [1.29, 1.82) is 0 Å². The van der Waals surface area contributed by atoms with Crippen molar-refractivity contribution in [2.75, 3.05) is 18.5 Å². The lowest BCUT2D eigenvalue weighted by molar-refractivity contribution is -0.0373. The molecule has 0 atom stereocenters. The van der Waals surface area contributed by atoms with Gasteiger partial charge in [-0.2, -0.15) is 0 Å². The highest BCUT2D eigenvalue weighted by atomic mass is 19.3. The van der Waals surface area contributed by atoms with E-state index < -0.39 is 30.5 Å². The number of carboxylic acids is 1. The standard InChI is InChI=1S/C13H18F2N2O3/c1-12(2,3)9-4-8(11(19)20)5-10(17-9)16-6-13(14,15)7-18/h4-5,18H,6-7H2,1-3H3,(H,16,17)(H,19,20). The van der Waals surface area contributed by atoms with Gasteiger partial charge in [-0.15, -0.1) is 0 Å². The first kappa shape index (κ1) is 16.3. The van der Waals surface area contributed by atoms with Crippen molar-refractivity contribution in [2.45, 2.75) is 32.1 Å². The van der Waals surface area contributed by atoms with Crippen molar-refractivity contribution in [3.8, 4) is 0 Å². The molecule has 0 amide bonds. The van der Waals surface area contributed by atoms with Gasteiger partial charge >= 0.3 is 5.97 Å². The zero-order valence-corrected chi connectivity index (χ0v) is 11.6. The van der Waals surface area contributed by atoms with Crippen LogP contribution in [-0.4, -0.2) is 40.2 Å². The zero-order valence-electron chi connectivity index (χ0n) is 11.6. The molecule has 20 heavy (non-hydrogen) atoms. The quantitative estimate of drug-likeness (QED) is 0.773. The van der Waals surface area contributed by atoms with Crippen molar-refractivity contribution < 1.29 is 23.8 Å². The Morgan fingerprint density at radius 1 is 1.35 bits per heavy atom. The highest BCUT2D eigenvalue weighted by Gasteiger charge is 2.28. The van der Waals surface area contributed by atoms with Crippen LogP contribution in [0.1, 0.15) is 36.8 Å². The molecule has 0 aliphatic rings. The minimum absolute atomic E-state index is 0.0280. The van der Waals surface area contributed by atoms with Crippen LogP contribution in [0.25, 0.3) is 0 Å². The first-order valence-corrected chi connectivity index (χ1v) is 6.03. The van der Waals surface area contributed by atoms with E-state index >= 15 is 0 Å². The van der Waals surface area contributed by atoms with Gasteiger partial charge in [0.15, 0.2) is 0 Å². The number of aromatic nitrogens is 1. The molecule has 0 bridgehead atoms. The summed E-state index contributed by atoms with van der Waals surface area (Å²) in [5.41, 5.74) is 0.0356. The number of rotatable bonds is 5. The average Bonchev–Trinajstić information content (AvgIpc) is 2.35. The lowest BCUT2D eigenvalue weighted by Gasteiger charge is -2.20. The van der Waals surface area contributed by atoms with E-state index in [0.717, 1.165) is 0 Å². The number of aliphatic hydroxyl groups excluding tert-OH is 1. The second-order valence-electron chi connectivity index (χ2n) is 5.55. The van der Waals surface area contributed by atoms with Gasteiger partial charge < -0.3 is 15.5 Å². The number of nitrogens with one attached hydrogen (secondary N) is 1. The number of halogens is 2. The lowest BCUT2D eigenvalue weighted by atomic mass is 9.91. The number of pyridine rings is 1. The van der Waals surface area contributed by atoms with E-state index in [1.165, 1.54) is 12.1 Å². The number of hydrogen-bond acceptors (Lipinski definition) is 4. The maximum absolute atomic E-state index is 13.0. The van der Waals surface area contributed by atoms with Gasteiger partial charge in [-0.1, -0.05) is 20.8 Å². The maximum atomic E-state index is 13.0. The zero-order chi connectivity index (χ0) is 15.6. The van der Waals surface area contributed by atoms with Gasteiger partial charge in [0, 0.05) is 11.1 Å². The SMILES string of the molecule is CC(C)(C)c1cc(C(=O)O)cc(NCC(F)(F)CO)n1. The predicted octanol–water partition coefficient (Wildman–Crippen LogP) is 2.12. The van der Waals surface area contributed by atoms with Gasteiger partial charge in [0.25, 0.3) is 5.92 Å². The van der Waals surface area contributed by atoms with E-state index in [9.17, 15) is 13.6 Å². The second kappa shape index (κ2) is 5.70. The minimum Gasteiger partial charge on any atom is -0.478 e. The molecular weight excluding hydrogens is 270 g/mol. The molecular formula is C13H18F2N2O3. The Bertz CT molecular complexity index is 499. The van der Waals surface area contributed by atoms with Gasteiger partial charge in [0.05, 0.1) is 12.1 Å². The first-order valence-electron chi connectivity index (χ1n) is 6.03. The Balaban J connectivity index is 3.07. The van der Waals surface area contributed by atoms with E-state index in [0.29, 0.717) is 5.69 Å². The number of anilines is 1. The first-order chi connectivity index (χ1) is 9.05. The lowest BCUT2D eigenvalue weighted by Crippen LogP contribution is -2.31. The summed E-state index contributed by atoms with van der Waals surface area (Å²) < 4.78 is 26.0. The molecule has 1 aromatic heterocycles. The van der Waals surface area contributed by atoms with E-state index in [4.69, 9.17) is 10.2 Å². The van der Waals surface area contributed by atoms with Gasteiger partial charge in [-0.25, -0.2) is 18.6 Å². The molecule has 0 fully saturated rings. The number of carbonyl (C=O) groups is 1. The van der Waals surface area contributed by atoms with Crippen molar-refractivity contribution in [1.82, 2.24) is 4.98 Å². The van der Waals surface area contributed by atoms with E-state index in [1.807, 2.05) is 20.8 Å². The van der Waals surface area contributed by atoms with Gasteiger partial charge in [0.1, 0.15) is 12.4 Å². The summed E-state index contributed by atoms with van der Waals surface area (Å²) in [6, 6.07) is 2.60. The molecule has 7 heteroatoms. The normalized spacial score (nSPS) is 12.3. The number of alkyl halides is 2. The Hall–Kier alpha value is -1.76. The largest absolute Gasteiger partial charge is 0.478 e.